The first-order valence-corrected chi connectivity index (χ1v) is 6.76. The number of halogens is 1. The quantitative estimate of drug-likeness (QED) is 0.911. The molecule has 0 radical (unpaired) electrons. The van der Waals surface area contributed by atoms with Gasteiger partial charge in [0.2, 0.25) is 0 Å². The summed E-state index contributed by atoms with van der Waals surface area (Å²) in [5.74, 6) is 0.545. The number of rotatable bonds is 3. The van der Waals surface area contributed by atoms with Crippen LogP contribution in [-0.2, 0) is 13.6 Å². The van der Waals surface area contributed by atoms with Gasteiger partial charge in [0, 0.05) is 34.7 Å². The number of hydrogen-bond acceptors (Lipinski definition) is 1. The third kappa shape index (κ3) is 2.14. The Labute approximate surface area is 111 Å². The lowest BCUT2D eigenvalue weighted by molar-refractivity contribution is 0.717. The number of fused-ring (bicyclic) bond motifs is 1. The van der Waals surface area contributed by atoms with Gasteiger partial charge in [0.05, 0.1) is 0 Å². The molecule has 1 heterocycles. The largest absolute Gasteiger partial charge is 0.346 e. The Kier molecular flexibility index (Phi) is 3.59. The lowest BCUT2D eigenvalue weighted by Gasteiger charge is -2.09. The van der Waals surface area contributed by atoms with Crippen LogP contribution in [0.25, 0.3) is 10.9 Å². The molecule has 0 amide bonds. The molecule has 1 aromatic heterocycles. The zero-order valence-electron chi connectivity index (χ0n) is 10.8. The molecule has 0 spiro atoms. The van der Waals surface area contributed by atoms with E-state index in [1.54, 1.807) is 0 Å². The molecular formula is C14H19BrN2. The van der Waals surface area contributed by atoms with E-state index in [2.05, 4.69) is 64.9 Å². The highest BCUT2D eigenvalue weighted by molar-refractivity contribution is 9.10. The van der Waals surface area contributed by atoms with Crippen molar-refractivity contribution >= 4 is 26.8 Å². The van der Waals surface area contributed by atoms with Gasteiger partial charge in [-0.05, 0) is 30.7 Å². The minimum absolute atomic E-state index is 0.545. The van der Waals surface area contributed by atoms with E-state index in [-0.39, 0.29) is 0 Å². The van der Waals surface area contributed by atoms with Crippen molar-refractivity contribution in [3.8, 4) is 0 Å². The number of aryl methyl sites for hydroxylation is 1. The molecule has 2 aromatic rings. The predicted octanol–water partition coefficient (Wildman–Crippen LogP) is 3.78. The normalized spacial score (nSPS) is 11.6. The van der Waals surface area contributed by atoms with Crippen LogP contribution < -0.4 is 5.32 Å². The van der Waals surface area contributed by atoms with Crippen LogP contribution in [0.2, 0.25) is 0 Å². The smallest absolute Gasteiger partial charge is 0.0494 e. The molecule has 1 N–H and O–H groups in total. The maximum absolute atomic E-state index is 3.55. The fourth-order valence-corrected chi connectivity index (χ4v) is 2.87. The van der Waals surface area contributed by atoms with Gasteiger partial charge in [0.1, 0.15) is 0 Å². The Bertz CT molecular complexity index is 541. The fourth-order valence-electron chi connectivity index (χ4n) is 2.52. The average molecular weight is 295 g/mol. The van der Waals surface area contributed by atoms with Crippen molar-refractivity contribution in [2.24, 2.45) is 7.05 Å². The van der Waals surface area contributed by atoms with Crippen LogP contribution in [0.3, 0.4) is 0 Å². The number of aromatic nitrogens is 1. The predicted molar refractivity (Wildman–Crippen MR) is 77.5 cm³/mol. The fraction of sp³-hybridized carbons (Fsp3) is 0.429. The van der Waals surface area contributed by atoms with E-state index >= 15 is 0 Å². The molecule has 0 aliphatic heterocycles. The van der Waals surface area contributed by atoms with Crippen molar-refractivity contribution in [2.45, 2.75) is 26.3 Å². The summed E-state index contributed by atoms with van der Waals surface area (Å²) in [6.45, 7) is 5.43. The third-order valence-electron chi connectivity index (χ3n) is 3.25. The van der Waals surface area contributed by atoms with Gasteiger partial charge in [-0.1, -0.05) is 35.8 Å². The second kappa shape index (κ2) is 4.83. The lowest BCUT2D eigenvalue weighted by Crippen LogP contribution is -2.11. The number of benzene rings is 1. The molecule has 0 fully saturated rings. The van der Waals surface area contributed by atoms with Crippen LogP contribution in [0.15, 0.2) is 22.7 Å². The summed E-state index contributed by atoms with van der Waals surface area (Å²) in [6.07, 6.45) is 0. The molecule has 0 bridgehead atoms. The Morgan fingerprint density at radius 2 is 2.06 bits per heavy atom. The molecule has 0 aliphatic carbocycles. The highest BCUT2D eigenvalue weighted by atomic mass is 79.9. The summed E-state index contributed by atoms with van der Waals surface area (Å²) in [6, 6.07) is 6.53. The first-order chi connectivity index (χ1) is 8.06. The summed E-state index contributed by atoms with van der Waals surface area (Å²) >= 11 is 3.55. The SMILES string of the molecule is CNCc1c(C(C)C)c2ccc(Br)cc2n1C. The Morgan fingerprint density at radius 3 is 2.65 bits per heavy atom. The van der Waals surface area contributed by atoms with E-state index in [0.717, 1.165) is 11.0 Å². The Balaban J connectivity index is 2.78. The van der Waals surface area contributed by atoms with Crippen LogP contribution in [0, 0.1) is 0 Å². The topological polar surface area (TPSA) is 17.0 Å². The molecule has 3 heteroatoms. The molecule has 92 valence electrons. The maximum Gasteiger partial charge on any atom is 0.0494 e. The lowest BCUT2D eigenvalue weighted by atomic mass is 9.99. The molecular weight excluding hydrogens is 276 g/mol. The highest BCUT2D eigenvalue weighted by Gasteiger charge is 2.16. The number of nitrogens with zero attached hydrogens (tertiary/aromatic N) is 1. The first kappa shape index (κ1) is 12.7. The van der Waals surface area contributed by atoms with Crippen molar-refractivity contribution in [1.82, 2.24) is 9.88 Å². The Hall–Kier alpha value is -0.800. The molecule has 1 aromatic carbocycles. The van der Waals surface area contributed by atoms with Crippen LogP contribution in [0.5, 0.6) is 0 Å². The molecule has 0 atom stereocenters. The second-order valence-electron chi connectivity index (χ2n) is 4.77. The molecule has 2 nitrogen and oxygen atoms in total. The standard InChI is InChI=1S/C14H19BrN2/c1-9(2)14-11-6-5-10(15)7-12(11)17(4)13(14)8-16-3/h5-7,9,16H,8H2,1-4H3. The van der Waals surface area contributed by atoms with Gasteiger partial charge < -0.3 is 9.88 Å². The molecule has 0 aliphatic rings. The minimum Gasteiger partial charge on any atom is -0.346 e. The average Bonchev–Trinajstić information content (AvgIpc) is 2.54. The monoisotopic (exact) mass is 294 g/mol. The van der Waals surface area contributed by atoms with Crippen LogP contribution in [-0.4, -0.2) is 11.6 Å². The van der Waals surface area contributed by atoms with Crippen LogP contribution in [0.4, 0.5) is 0 Å². The summed E-state index contributed by atoms with van der Waals surface area (Å²) in [5, 5.41) is 4.63. The zero-order valence-corrected chi connectivity index (χ0v) is 12.4. The minimum atomic E-state index is 0.545. The Morgan fingerprint density at radius 1 is 1.35 bits per heavy atom. The summed E-state index contributed by atoms with van der Waals surface area (Å²) in [4.78, 5) is 0. The summed E-state index contributed by atoms with van der Waals surface area (Å²) in [7, 11) is 4.14. The van der Waals surface area contributed by atoms with E-state index in [4.69, 9.17) is 0 Å². The van der Waals surface area contributed by atoms with Gasteiger partial charge in [-0.25, -0.2) is 0 Å². The van der Waals surface area contributed by atoms with E-state index in [1.807, 2.05) is 7.05 Å². The molecule has 0 saturated heterocycles. The molecule has 0 unspecified atom stereocenters. The van der Waals surface area contributed by atoms with E-state index in [1.165, 1.54) is 22.2 Å². The summed E-state index contributed by atoms with van der Waals surface area (Å²) < 4.78 is 3.43. The molecule has 2 rings (SSSR count). The van der Waals surface area contributed by atoms with Crippen molar-refractivity contribution in [3.63, 3.8) is 0 Å². The van der Waals surface area contributed by atoms with E-state index in [9.17, 15) is 0 Å². The van der Waals surface area contributed by atoms with E-state index < -0.39 is 0 Å². The second-order valence-corrected chi connectivity index (χ2v) is 5.68. The van der Waals surface area contributed by atoms with Crippen LogP contribution in [0.1, 0.15) is 31.0 Å². The highest BCUT2D eigenvalue weighted by Crippen LogP contribution is 2.32. The first-order valence-electron chi connectivity index (χ1n) is 5.97. The molecule has 17 heavy (non-hydrogen) atoms. The van der Waals surface area contributed by atoms with Gasteiger partial charge in [0.15, 0.2) is 0 Å². The van der Waals surface area contributed by atoms with Crippen molar-refractivity contribution < 1.29 is 0 Å². The van der Waals surface area contributed by atoms with Crippen molar-refractivity contribution in [1.29, 1.82) is 0 Å². The van der Waals surface area contributed by atoms with Gasteiger partial charge in [-0.2, -0.15) is 0 Å². The summed E-state index contributed by atoms with van der Waals surface area (Å²) in [5.41, 5.74) is 4.15. The van der Waals surface area contributed by atoms with Gasteiger partial charge in [-0.15, -0.1) is 0 Å². The third-order valence-corrected chi connectivity index (χ3v) is 3.74. The van der Waals surface area contributed by atoms with E-state index in [0.29, 0.717) is 5.92 Å². The van der Waals surface area contributed by atoms with Gasteiger partial charge in [-0.3, -0.25) is 0 Å². The number of nitrogens with one attached hydrogen (secondary N) is 1. The van der Waals surface area contributed by atoms with Gasteiger partial charge in [0.25, 0.3) is 0 Å². The zero-order chi connectivity index (χ0) is 12.6. The van der Waals surface area contributed by atoms with Crippen LogP contribution >= 0.6 is 15.9 Å². The van der Waals surface area contributed by atoms with Crippen molar-refractivity contribution in [3.05, 3.63) is 33.9 Å². The maximum atomic E-state index is 3.55. The number of hydrogen-bond donors (Lipinski definition) is 1. The van der Waals surface area contributed by atoms with Crippen molar-refractivity contribution in [2.75, 3.05) is 7.05 Å². The van der Waals surface area contributed by atoms with Gasteiger partial charge >= 0.3 is 0 Å². The molecule has 0 saturated carbocycles.